The highest BCUT2D eigenvalue weighted by molar-refractivity contribution is 4.73. The van der Waals surface area contributed by atoms with Gasteiger partial charge in [-0.15, -0.1) is 0 Å². The summed E-state index contributed by atoms with van der Waals surface area (Å²) >= 11 is 0. The Labute approximate surface area is 80.5 Å². The van der Waals surface area contributed by atoms with Gasteiger partial charge in [0.15, 0.2) is 0 Å². The van der Waals surface area contributed by atoms with Crippen molar-refractivity contribution >= 4 is 0 Å². The zero-order valence-corrected chi connectivity index (χ0v) is 8.62. The predicted octanol–water partition coefficient (Wildman–Crippen LogP) is 0.772. The molecule has 1 saturated heterocycles. The van der Waals surface area contributed by atoms with Crippen LogP contribution in [0.5, 0.6) is 0 Å². The molecule has 0 aromatic carbocycles. The van der Waals surface area contributed by atoms with Crippen LogP contribution >= 0.6 is 0 Å². The van der Waals surface area contributed by atoms with Gasteiger partial charge < -0.3 is 15.2 Å². The molecular weight excluding hydrogens is 166 g/mol. The Balaban J connectivity index is 2.10. The molecule has 1 unspecified atom stereocenters. The van der Waals surface area contributed by atoms with Crippen LogP contribution in [-0.2, 0) is 4.74 Å². The third-order valence-electron chi connectivity index (χ3n) is 2.61. The van der Waals surface area contributed by atoms with Gasteiger partial charge in [-0.2, -0.15) is 0 Å². The SMILES string of the molecule is CC(C)C(O)CNC1CCOCC1. The first kappa shape index (κ1) is 11.0. The lowest BCUT2D eigenvalue weighted by Gasteiger charge is -2.25. The summed E-state index contributed by atoms with van der Waals surface area (Å²) < 4.78 is 5.25. The monoisotopic (exact) mass is 187 g/mol. The summed E-state index contributed by atoms with van der Waals surface area (Å²) in [5.74, 6) is 0.340. The summed E-state index contributed by atoms with van der Waals surface area (Å²) in [4.78, 5) is 0. The van der Waals surface area contributed by atoms with Gasteiger partial charge in [-0.05, 0) is 18.8 Å². The van der Waals surface area contributed by atoms with E-state index in [1.807, 2.05) is 13.8 Å². The molecule has 0 aliphatic carbocycles. The molecule has 0 amide bonds. The van der Waals surface area contributed by atoms with Gasteiger partial charge in [-0.3, -0.25) is 0 Å². The molecule has 1 atom stereocenters. The Bertz CT molecular complexity index is 133. The molecule has 1 fully saturated rings. The molecule has 1 aliphatic rings. The van der Waals surface area contributed by atoms with Crippen LogP contribution in [0.3, 0.4) is 0 Å². The Kier molecular flexibility index (Phi) is 4.70. The van der Waals surface area contributed by atoms with Gasteiger partial charge in [-0.25, -0.2) is 0 Å². The van der Waals surface area contributed by atoms with Crippen LogP contribution in [0.15, 0.2) is 0 Å². The van der Waals surface area contributed by atoms with Crippen molar-refractivity contribution < 1.29 is 9.84 Å². The predicted molar refractivity (Wildman–Crippen MR) is 52.7 cm³/mol. The molecule has 2 N–H and O–H groups in total. The maximum atomic E-state index is 9.56. The first-order valence-electron chi connectivity index (χ1n) is 5.19. The molecule has 1 heterocycles. The van der Waals surface area contributed by atoms with Gasteiger partial charge >= 0.3 is 0 Å². The van der Waals surface area contributed by atoms with Crippen molar-refractivity contribution in [2.75, 3.05) is 19.8 Å². The maximum absolute atomic E-state index is 9.56. The number of aliphatic hydroxyl groups is 1. The number of hydrogen-bond acceptors (Lipinski definition) is 3. The lowest BCUT2D eigenvalue weighted by Crippen LogP contribution is -2.40. The summed E-state index contributed by atoms with van der Waals surface area (Å²) in [5.41, 5.74) is 0. The molecule has 1 rings (SSSR count). The van der Waals surface area contributed by atoms with Crippen LogP contribution in [0.25, 0.3) is 0 Å². The smallest absolute Gasteiger partial charge is 0.0687 e. The second kappa shape index (κ2) is 5.58. The summed E-state index contributed by atoms with van der Waals surface area (Å²) in [6.45, 7) is 6.50. The third-order valence-corrected chi connectivity index (χ3v) is 2.61. The summed E-state index contributed by atoms with van der Waals surface area (Å²) in [5, 5.41) is 12.9. The molecular formula is C10H21NO2. The number of nitrogens with one attached hydrogen (secondary N) is 1. The first-order chi connectivity index (χ1) is 6.20. The average molecular weight is 187 g/mol. The molecule has 0 bridgehead atoms. The van der Waals surface area contributed by atoms with Crippen molar-refractivity contribution in [2.24, 2.45) is 5.92 Å². The van der Waals surface area contributed by atoms with Gasteiger partial charge in [-0.1, -0.05) is 13.8 Å². The van der Waals surface area contributed by atoms with E-state index in [-0.39, 0.29) is 6.10 Å². The minimum Gasteiger partial charge on any atom is -0.392 e. The van der Waals surface area contributed by atoms with E-state index in [4.69, 9.17) is 4.74 Å². The van der Waals surface area contributed by atoms with E-state index in [1.165, 1.54) is 0 Å². The molecule has 0 aromatic heterocycles. The minimum atomic E-state index is -0.220. The highest BCUT2D eigenvalue weighted by Gasteiger charge is 2.15. The van der Waals surface area contributed by atoms with Crippen molar-refractivity contribution in [2.45, 2.75) is 38.8 Å². The lowest BCUT2D eigenvalue weighted by atomic mass is 10.1. The van der Waals surface area contributed by atoms with Crippen molar-refractivity contribution in [3.05, 3.63) is 0 Å². The van der Waals surface area contributed by atoms with Crippen LogP contribution in [0.4, 0.5) is 0 Å². The Morgan fingerprint density at radius 3 is 2.54 bits per heavy atom. The van der Waals surface area contributed by atoms with E-state index >= 15 is 0 Å². The van der Waals surface area contributed by atoms with Crippen molar-refractivity contribution in [3.8, 4) is 0 Å². The number of hydrogen-bond donors (Lipinski definition) is 2. The third kappa shape index (κ3) is 4.07. The largest absolute Gasteiger partial charge is 0.392 e. The zero-order chi connectivity index (χ0) is 9.68. The van der Waals surface area contributed by atoms with Gasteiger partial charge in [0, 0.05) is 25.8 Å². The van der Waals surface area contributed by atoms with Gasteiger partial charge in [0.25, 0.3) is 0 Å². The lowest BCUT2D eigenvalue weighted by molar-refractivity contribution is 0.0673. The Hall–Kier alpha value is -0.120. The van der Waals surface area contributed by atoms with E-state index < -0.39 is 0 Å². The van der Waals surface area contributed by atoms with Crippen molar-refractivity contribution in [1.82, 2.24) is 5.32 Å². The topological polar surface area (TPSA) is 41.5 Å². The normalized spacial score (nSPS) is 22.2. The van der Waals surface area contributed by atoms with Gasteiger partial charge in [0.05, 0.1) is 6.10 Å². The number of rotatable bonds is 4. The molecule has 3 nitrogen and oxygen atoms in total. The van der Waals surface area contributed by atoms with Crippen LogP contribution in [-0.4, -0.2) is 37.0 Å². The highest BCUT2D eigenvalue weighted by Crippen LogP contribution is 2.07. The van der Waals surface area contributed by atoms with Crippen molar-refractivity contribution in [1.29, 1.82) is 0 Å². The maximum Gasteiger partial charge on any atom is 0.0687 e. The second-order valence-electron chi connectivity index (χ2n) is 4.11. The summed E-state index contributed by atoms with van der Waals surface area (Å²) in [6, 6.07) is 0.544. The van der Waals surface area contributed by atoms with Gasteiger partial charge in [0.2, 0.25) is 0 Å². The first-order valence-corrected chi connectivity index (χ1v) is 5.19. The highest BCUT2D eigenvalue weighted by atomic mass is 16.5. The Morgan fingerprint density at radius 1 is 1.38 bits per heavy atom. The number of aliphatic hydroxyl groups excluding tert-OH is 1. The van der Waals surface area contributed by atoms with Crippen LogP contribution in [0.1, 0.15) is 26.7 Å². The van der Waals surface area contributed by atoms with Gasteiger partial charge in [0.1, 0.15) is 0 Å². The van der Waals surface area contributed by atoms with Crippen LogP contribution < -0.4 is 5.32 Å². The standard InChI is InChI=1S/C10H21NO2/c1-8(2)10(12)7-11-9-3-5-13-6-4-9/h8-12H,3-7H2,1-2H3. The quantitative estimate of drug-likeness (QED) is 0.683. The average Bonchev–Trinajstić information content (AvgIpc) is 2.15. The van der Waals surface area contributed by atoms with E-state index in [2.05, 4.69) is 5.32 Å². The molecule has 13 heavy (non-hydrogen) atoms. The van der Waals surface area contributed by atoms with Crippen molar-refractivity contribution in [3.63, 3.8) is 0 Å². The zero-order valence-electron chi connectivity index (χ0n) is 8.62. The van der Waals surface area contributed by atoms with E-state index in [1.54, 1.807) is 0 Å². The number of ether oxygens (including phenoxy) is 1. The van der Waals surface area contributed by atoms with E-state index in [0.29, 0.717) is 18.5 Å². The molecule has 1 aliphatic heterocycles. The molecule has 0 aromatic rings. The molecule has 78 valence electrons. The molecule has 0 saturated carbocycles. The Morgan fingerprint density at radius 2 is 2.00 bits per heavy atom. The minimum absolute atomic E-state index is 0.220. The van der Waals surface area contributed by atoms with Crippen LogP contribution in [0.2, 0.25) is 0 Å². The van der Waals surface area contributed by atoms with E-state index in [0.717, 1.165) is 26.1 Å². The second-order valence-corrected chi connectivity index (χ2v) is 4.11. The fourth-order valence-electron chi connectivity index (χ4n) is 1.42. The molecule has 0 radical (unpaired) electrons. The molecule has 3 heteroatoms. The summed E-state index contributed by atoms with van der Waals surface area (Å²) in [6.07, 6.45) is 1.93. The fourth-order valence-corrected chi connectivity index (χ4v) is 1.42. The fraction of sp³-hybridized carbons (Fsp3) is 1.00. The van der Waals surface area contributed by atoms with E-state index in [9.17, 15) is 5.11 Å². The molecule has 0 spiro atoms. The summed E-state index contributed by atoms with van der Waals surface area (Å²) in [7, 11) is 0. The van der Waals surface area contributed by atoms with Crippen LogP contribution in [0, 0.1) is 5.92 Å².